The number of nitrogen functional groups attached to an aromatic ring is 1. The van der Waals surface area contributed by atoms with Crippen LogP contribution in [-0.4, -0.2) is 27.1 Å². The van der Waals surface area contributed by atoms with Crippen LogP contribution in [0.5, 0.6) is 0 Å². The van der Waals surface area contributed by atoms with Gasteiger partial charge >= 0.3 is 5.97 Å². The van der Waals surface area contributed by atoms with Crippen LogP contribution in [0.2, 0.25) is 5.02 Å². The van der Waals surface area contributed by atoms with E-state index in [9.17, 15) is 4.79 Å². The summed E-state index contributed by atoms with van der Waals surface area (Å²) in [5.74, 6) is -0.468. The summed E-state index contributed by atoms with van der Waals surface area (Å²) >= 11 is 5.96. The average Bonchev–Trinajstić information content (AvgIpc) is 2.73. The topological polar surface area (TPSA) is 83.0 Å². The van der Waals surface area contributed by atoms with E-state index in [4.69, 9.17) is 22.1 Å². The van der Waals surface area contributed by atoms with Crippen LogP contribution >= 0.6 is 11.6 Å². The van der Waals surface area contributed by atoms with Gasteiger partial charge in [0.15, 0.2) is 5.82 Å². The van der Waals surface area contributed by atoms with Crippen molar-refractivity contribution in [2.24, 2.45) is 0 Å². The van der Waals surface area contributed by atoms with Crippen LogP contribution in [0, 0.1) is 6.92 Å². The molecule has 6 nitrogen and oxygen atoms in total. The molecule has 0 aliphatic heterocycles. The summed E-state index contributed by atoms with van der Waals surface area (Å²) in [4.78, 5) is 11.8. The highest BCUT2D eigenvalue weighted by molar-refractivity contribution is 6.30. The van der Waals surface area contributed by atoms with Gasteiger partial charge in [-0.2, -0.15) is 4.68 Å². The Kier molecular flexibility index (Phi) is 3.94. The number of esters is 1. The number of nitrogens with two attached hydrogens (primary N) is 1. The molecule has 0 saturated carbocycles. The van der Waals surface area contributed by atoms with Crippen molar-refractivity contribution < 1.29 is 9.53 Å². The molecular formula is C13H15ClN4O2. The number of halogens is 1. The first-order chi connectivity index (χ1) is 9.40. The van der Waals surface area contributed by atoms with E-state index in [1.165, 1.54) is 4.68 Å². The van der Waals surface area contributed by atoms with Crippen molar-refractivity contribution in [2.45, 2.75) is 26.9 Å². The van der Waals surface area contributed by atoms with Gasteiger partial charge in [-0.1, -0.05) is 22.9 Å². The number of ether oxygens (including phenoxy) is 1. The molecule has 20 heavy (non-hydrogen) atoms. The highest BCUT2D eigenvalue weighted by atomic mass is 35.5. The summed E-state index contributed by atoms with van der Waals surface area (Å²) < 4.78 is 6.43. The van der Waals surface area contributed by atoms with Gasteiger partial charge in [0, 0.05) is 5.02 Å². The number of nitrogens with zero attached hydrogens (tertiary/aromatic N) is 3. The van der Waals surface area contributed by atoms with Gasteiger partial charge in [-0.25, -0.2) is 4.79 Å². The van der Waals surface area contributed by atoms with Gasteiger partial charge in [0.1, 0.15) is 0 Å². The summed E-state index contributed by atoms with van der Waals surface area (Å²) in [6, 6.07) is 5.31. The number of benzene rings is 1. The number of anilines is 1. The van der Waals surface area contributed by atoms with Gasteiger partial charge in [-0.3, -0.25) is 0 Å². The lowest BCUT2D eigenvalue weighted by Gasteiger charge is -2.08. The maximum atomic E-state index is 11.8. The molecule has 0 amide bonds. The number of carbonyl (C=O) groups is 1. The average molecular weight is 295 g/mol. The lowest BCUT2D eigenvalue weighted by atomic mass is 10.2. The third-order valence-corrected chi connectivity index (χ3v) is 2.88. The smallest absolute Gasteiger partial charge is 0.363 e. The molecule has 1 aromatic heterocycles. The number of aryl methyl sites for hydroxylation is 1. The summed E-state index contributed by atoms with van der Waals surface area (Å²) in [6.07, 6.45) is -0.250. The fourth-order valence-electron chi connectivity index (χ4n) is 1.69. The molecule has 1 aromatic carbocycles. The van der Waals surface area contributed by atoms with Gasteiger partial charge in [-0.15, -0.1) is 5.10 Å². The second-order valence-electron chi connectivity index (χ2n) is 4.62. The van der Waals surface area contributed by atoms with Gasteiger partial charge in [-0.05, 0) is 38.5 Å². The van der Waals surface area contributed by atoms with Crippen molar-refractivity contribution in [2.75, 3.05) is 5.73 Å². The zero-order chi connectivity index (χ0) is 14.9. The van der Waals surface area contributed by atoms with Crippen LogP contribution in [0.15, 0.2) is 18.2 Å². The molecule has 0 atom stereocenters. The lowest BCUT2D eigenvalue weighted by molar-refractivity contribution is 0.0372. The first-order valence-corrected chi connectivity index (χ1v) is 6.46. The summed E-state index contributed by atoms with van der Waals surface area (Å²) in [5, 5.41) is 8.23. The predicted octanol–water partition coefficient (Wildman–Crippen LogP) is 2.38. The number of aromatic nitrogens is 3. The Morgan fingerprint density at radius 2 is 2.15 bits per heavy atom. The van der Waals surface area contributed by atoms with E-state index in [2.05, 4.69) is 10.3 Å². The molecule has 0 aliphatic carbocycles. The van der Waals surface area contributed by atoms with Crippen molar-refractivity contribution in [1.82, 2.24) is 15.0 Å². The number of rotatable bonds is 3. The first-order valence-electron chi connectivity index (χ1n) is 6.09. The van der Waals surface area contributed by atoms with Crippen LogP contribution in [0.3, 0.4) is 0 Å². The van der Waals surface area contributed by atoms with E-state index in [0.717, 1.165) is 5.56 Å². The molecule has 0 aliphatic rings. The quantitative estimate of drug-likeness (QED) is 0.879. The predicted molar refractivity (Wildman–Crippen MR) is 76.1 cm³/mol. The third-order valence-electron chi connectivity index (χ3n) is 2.64. The molecule has 2 N–H and O–H groups in total. The fourth-order valence-corrected chi connectivity index (χ4v) is 1.86. The maximum absolute atomic E-state index is 11.8. The number of hydrogen-bond donors (Lipinski definition) is 1. The Morgan fingerprint density at radius 1 is 1.45 bits per heavy atom. The zero-order valence-electron chi connectivity index (χ0n) is 11.4. The molecule has 106 valence electrons. The molecule has 0 saturated heterocycles. The second-order valence-corrected chi connectivity index (χ2v) is 5.06. The highest BCUT2D eigenvalue weighted by Crippen LogP contribution is 2.22. The SMILES string of the molecule is Cc1ccc(Cl)cc1-n1nnc(C(=O)OC(C)C)c1N. The van der Waals surface area contributed by atoms with E-state index in [1.54, 1.807) is 26.0 Å². The van der Waals surface area contributed by atoms with Crippen LogP contribution in [-0.2, 0) is 4.74 Å². The Labute approximate surface area is 121 Å². The lowest BCUT2D eigenvalue weighted by Crippen LogP contribution is -2.14. The Morgan fingerprint density at radius 3 is 2.80 bits per heavy atom. The molecule has 7 heteroatoms. The second kappa shape index (κ2) is 5.50. The van der Waals surface area contributed by atoms with Crippen molar-refractivity contribution in [3.8, 4) is 5.69 Å². The van der Waals surface area contributed by atoms with Crippen LogP contribution in [0.4, 0.5) is 5.82 Å². The minimum absolute atomic E-state index is 0.00178. The van der Waals surface area contributed by atoms with Gasteiger partial charge in [0.2, 0.25) is 5.69 Å². The molecule has 1 heterocycles. The molecule has 2 rings (SSSR count). The Balaban J connectivity index is 2.43. The van der Waals surface area contributed by atoms with Gasteiger partial charge in [0.25, 0.3) is 0 Å². The Bertz CT molecular complexity index is 652. The minimum atomic E-state index is -0.594. The van der Waals surface area contributed by atoms with E-state index >= 15 is 0 Å². The van der Waals surface area contributed by atoms with E-state index in [0.29, 0.717) is 10.7 Å². The van der Waals surface area contributed by atoms with Gasteiger partial charge < -0.3 is 10.5 Å². The van der Waals surface area contributed by atoms with Crippen molar-refractivity contribution in [3.63, 3.8) is 0 Å². The molecule has 0 bridgehead atoms. The molecule has 0 spiro atoms. The largest absolute Gasteiger partial charge is 0.458 e. The highest BCUT2D eigenvalue weighted by Gasteiger charge is 2.21. The van der Waals surface area contributed by atoms with Crippen molar-refractivity contribution >= 4 is 23.4 Å². The fraction of sp³-hybridized carbons (Fsp3) is 0.308. The van der Waals surface area contributed by atoms with Crippen LogP contribution < -0.4 is 5.73 Å². The van der Waals surface area contributed by atoms with E-state index in [1.807, 2.05) is 13.0 Å². The minimum Gasteiger partial charge on any atom is -0.458 e. The molecular weight excluding hydrogens is 280 g/mol. The monoisotopic (exact) mass is 294 g/mol. The van der Waals surface area contributed by atoms with Crippen LogP contribution in [0.1, 0.15) is 29.9 Å². The van der Waals surface area contributed by atoms with Crippen molar-refractivity contribution in [3.05, 3.63) is 34.5 Å². The normalized spacial score (nSPS) is 10.8. The van der Waals surface area contributed by atoms with E-state index in [-0.39, 0.29) is 17.6 Å². The molecule has 0 unspecified atom stereocenters. The Hall–Kier alpha value is -2.08. The van der Waals surface area contributed by atoms with Crippen molar-refractivity contribution in [1.29, 1.82) is 0 Å². The summed E-state index contributed by atoms with van der Waals surface area (Å²) in [6.45, 7) is 5.39. The first kappa shape index (κ1) is 14.3. The summed E-state index contributed by atoms with van der Waals surface area (Å²) in [5.41, 5.74) is 7.51. The van der Waals surface area contributed by atoms with E-state index < -0.39 is 5.97 Å². The number of hydrogen-bond acceptors (Lipinski definition) is 5. The molecule has 0 fully saturated rings. The maximum Gasteiger partial charge on any atom is 0.363 e. The standard InChI is InChI=1S/C13H15ClN4O2/c1-7(2)20-13(19)11-12(15)18(17-16-11)10-6-9(14)5-4-8(10)3/h4-7H,15H2,1-3H3. The molecule has 0 radical (unpaired) electrons. The molecule has 2 aromatic rings. The third kappa shape index (κ3) is 2.75. The van der Waals surface area contributed by atoms with Crippen LogP contribution in [0.25, 0.3) is 5.69 Å². The zero-order valence-corrected chi connectivity index (χ0v) is 12.2. The summed E-state index contributed by atoms with van der Waals surface area (Å²) in [7, 11) is 0. The van der Waals surface area contributed by atoms with Gasteiger partial charge in [0.05, 0.1) is 11.8 Å². The number of carbonyl (C=O) groups excluding carboxylic acids is 1.